The van der Waals surface area contributed by atoms with Crippen LogP contribution in [0, 0.1) is 73.7 Å². The van der Waals surface area contributed by atoms with E-state index in [0.717, 1.165) is 0 Å². The molecular formula is Lu2O5Si. The third kappa shape index (κ3) is 97.7. The Kier molecular flexibility index (Phi) is 93.3. The van der Waals surface area contributed by atoms with Crippen LogP contribution in [0.25, 0.3) is 0 Å². The van der Waals surface area contributed by atoms with Crippen molar-refractivity contribution in [2.45, 2.75) is 0 Å². The molecule has 8 heteroatoms. The molecule has 0 amide bonds. The first kappa shape index (κ1) is 32.4. The van der Waals surface area contributed by atoms with E-state index in [1.165, 1.54) is 0 Å². The van der Waals surface area contributed by atoms with Crippen molar-refractivity contribution in [2.75, 3.05) is 0 Å². The Morgan fingerprint density at radius 1 is 1.00 bits per heavy atom. The molecule has 8 heavy (non-hydrogen) atoms. The maximum atomic E-state index is 8.52. The van der Waals surface area contributed by atoms with E-state index < -0.39 is 9.17 Å². The van der Waals surface area contributed by atoms with Crippen molar-refractivity contribution in [3.63, 3.8) is 0 Å². The molecule has 0 spiro atoms. The minimum atomic E-state index is -3.63. The van der Waals surface area contributed by atoms with E-state index in [2.05, 4.69) is 0 Å². The molecule has 0 bridgehead atoms. The molecule has 0 saturated carbocycles. The molecule has 0 aromatic heterocycles. The molecule has 0 aliphatic heterocycles. The minimum Gasteiger partial charge on any atom is -2.00 e. The Balaban J connectivity index is -0.00000000750. The summed E-state index contributed by atoms with van der Waals surface area (Å²) in [6.07, 6.45) is 0. The van der Waals surface area contributed by atoms with Crippen molar-refractivity contribution in [1.82, 2.24) is 0 Å². The van der Waals surface area contributed by atoms with Gasteiger partial charge in [0.15, 0.2) is 0 Å². The summed E-state index contributed by atoms with van der Waals surface area (Å²) < 4.78 is 8.52. The molecule has 0 rings (SSSR count). The van der Waals surface area contributed by atoms with Crippen LogP contribution < -0.4 is 9.59 Å². The molecule has 5 nitrogen and oxygen atoms in total. The van der Waals surface area contributed by atoms with Crippen LogP contribution in [0.1, 0.15) is 0 Å². The fourth-order valence-corrected chi connectivity index (χ4v) is 0. The van der Waals surface area contributed by atoms with Crippen molar-refractivity contribution >= 4 is 9.17 Å². The maximum absolute atomic E-state index is 8.52. The summed E-state index contributed by atoms with van der Waals surface area (Å²) in [7, 11) is -3.63. The summed E-state index contributed by atoms with van der Waals surface area (Å²) >= 11 is 0. The Bertz CT molecular complexity index is 33.4. The molecule has 0 heterocycles. The van der Waals surface area contributed by atoms with Crippen molar-refractivity contribution in [2.24, 2.45) is 0 Å². The van der Waals surface area contributed by atoms with E-state index in [-0.39, 0.29) is 84.7 Å². The van der Waals surface area contributed by atoms with E-state index in [9.17, 15) is 0 Å². The second kappa shape index (κ2) is 23.0. The Hall–Kier alpha value is 2.00. The SMILES string of the molecule is O=[Si]([O-])[O-].[Lu+3].[Lu+3].[O-2].[O-2]. The minimum absolute atomic E-state index is 0. The van der Waals surface area contributed by atoms with E-state index in [1.54, 1.807) is 0 Å². The van der Waals surface area contributed by atoms with Crippen LogP contribution in [0.4, 0.5) is 0 Å². The van der Waals surface area contributed by atoms with Gasteiger partial charge in [-0.2, -0.15) is 0 Å². The molecule has 0 aliphatic rings. The normalized spacial score (nSPS) is 3.00. The van der Waals surface area contributed by atoms with Crippen LogP contribution in [0.15, 0.2) is 0 Å². The van der Waals surface area contributed by atoms with Gasteiger partial charge >= 0.3 is 73.7 Å². The zero-order chi connectivity index (χ0) is 3.58. The third-order valence-electron chi connectivity index (χ3n) is 0. The molecular weight excluding hydrogens is 458 g/mol. The fraction of sp³-hybridized carbons (Fsp3) is 0. The predicted molar refractivity (Wildman–Crippen MR) is 7.81 cm³/mol. The van der Waals surface area contributed by atoms with E-state index >= 15 is 0 Å². The first-order valence-corrected chi connectivity index (χ1v) is 1.84. The van der Waals surface area contributed by atoms with Gasteiger partial charge in [0.25, 0.3) is 0 Å². The van der Waals surface area contributed by atoms with Crippen molar-refractivity contribution < 1.29 is 98.8 Å². The average Bonchev–Trinajstić information content (AvgIpc) is 0.811. The van der Waals surface area contributed by atoms with Gasteiger partial charge in [-0.1, -0.05) is 0 Å². The van der Waals surface area contributed by atoms with E-state index in [0.29, 0.717) is 0 Å². The van der Waals surface area contributed by atoms with Crippen LogP contribution in [-0.2, 0) is 15.4 Å². The van der Waals surface area contributed by atoms with Gasteiger partial charge in [-0.15, -0.1) is 0 Å². The van der Waals surface area contributed by atoms with Crippen LogP contribution in [0.3, 0.4) is 0 Å². The second-order valence-corrected chi connectivity index (χ2v) is 0.750. The van der Waals surface area contributed by atoms with Gasteiger partial charge in [0.1, 0.15) is 0 Å². The van der Waals surface area contributed by atoms with Crippen molar-refractivity contribution in [1.29, 1.82) is 0 Å². The summed E-state index contributed by atoms with van der Waals surface area (Å²) in [6, 6.07) is 0. The molecule has 0 radical (unpaired) electrons. The van der Waals surface area contributed by atoms with Crippen LogP contribution >= 0.6 is 0 Å². The third-order valence-corrected chi connectivity index (χ3v) is 0. The van der Waals surface area contributed by atoms with Gasteiger partial charge in [0, 0.05) is 9.17 Å². The standard InChI is InChI=1S/2Lu.O3Si.2O/c;;1-4(2)3;;/q2*+3;3*-2. The van der Waals surface area contributed by atoms with Gasteiger partial charge in [0.05, 0.1) is 0 Å². The summed E-state index contributed by atoms with van der Waals surface area (Å²) in [5.74, 6) is 0. The smallest absolute Gasteiger partial charge is 2.00 e. The van der Waals surface area contributed by atoms with Gasteiger partial charge in [-0.05, 0) is 0 Å². The Morgan fingerprint density at radius 3 is 1.00 bits per heavy atom. The molecule has 0 atom stereocenters. The zero-order valence-corrected chi connectivity index (χ0v) is 7.37. The zero-order valence-electron chi connectivity index (χ0n) is 3.06. The second-order valence-electron chi connectivity index (χ2n) is 0.250. The number of hydrogen-bond donors (Lipinski definition) is 0. The first-order chi connectivity index (χ1) is 1.73. The average molecular weight is 458 g/mol. The molecule has 0 saturated heterocycles. The quantitative estimate of drug-likeness (QED) is 0.358. The summed E-state index contributed by atoms with van der Waals surface area (Å²) in [5, 5.41) is 0. The van der Waals surface area contributed by atoms with Crippen LogP contribution in [0.5, 0.6) is 0 Å². The Labute approximate surface area is 106 Å². The monoisotopic (exact) mass is 458 g/mol. The van der Waals surface area contributed by atoms with Gasteiger partial charge in [-0.25, -0.2) is 0 Å². The molecule has 0 aliphatic carbocycles. The summed E-state index contributed by atoms with van der Waals surface area (Å²) in [6.45, 7) is 0. The maximum Gasteiger partial charge on any atom is 3.00 e. The van der Waals surface area contributed by atoms with Crippen LogP contribution in [-0.4, -0.2) is 9.17 Å². The van der Waals surface area contributed by atoms with Crippen molar-refractivity contribution in [3.8, 4) is 0 Å². The molecule has 0 aromatic rings. The molecule has 0 aromatic carbocycles. The molecule has 0 unspecified atom stereocenters. The van der Waals surface area contributed by atoms with Gasteiger partial charge in [-0.3, -0.25) is 0 Å². The molecule has 64 valence electrons. The topological polar surface area (TPSA) is 120 Å². The van der Waals surface area contributed by atoms with Crippen molar-refractivity contribution in [3.05, 3.63) is 0 Å². The van der Waals surface area contributed by atoms with Gasteiger partial charge in [0.2, 0.25) is 0 Å². The van der Waals surface area contributed by atoms with Gasteiger partial charge < -0.3 is 25.0 Å². The molecule has 0 fully saturated rings. The summed E-state index contributed by atoms with van der Waals surface area (Å²) in [5.41, 5.74) is 0. The largest absolute Gasteiger partial charge is 3.00 e. The molecule has 0 N–H and O–H groups in total. The van der Waals surface area contributed by atoms with Crippen LogP contribution in [0.2, 0.25) is 0 Å². The number of hydrogen-bond acceptors (Lipinski definition) is 3. The first-order valence-electron chi connectivity index (χ1n) is 0.612. The number of rotatable bonds is 0. The fourth-order valence-electron chi connectivity index (χ4n) is 0. The van der Waals surface area contributed by atoms with E-state index in [4.69, 9.17) is 14.1 Å². The van der Waals surface area contributed by atoms with E-state index in [1.807, 2.05) is 0 Å². The predicted octanol–water partition coefficient (Wildman–Crippen LogP) is -3.12. The summed E-state index contributed by atoms with van der Waals surface area (Å²) in [4.78, 5) is 17.0. The Morgan fingerprint density at radius 2 is 1.00 bits per heavy atom.